The molecule has 2 aromatic rings. The zero-order valence-electron chi connectivity index (χ0n) is 10.5. The van der Waals surface area contributed by atoms with Crippen molar-refractivity contribution in [3.63, 3.8) is 0 Å². The molecule has 1 aromatic heterocycles. The Morgan fingerprint density at radius 3 is 2.71 bits per heavy atom. The van der Waals surface area contributed by atoms with E-state index in [0.717, 1.165) is 15.1 Å². The van der Waals surface area contributed by atoms with E-state index < -0.39 is 0 Å². The number of benzene rings is 1. The molecule has 2 rings (SSSR count). The van der Waals surface area contributed by atoms with E-state index >= 15 is 0 Å². The van der Waals surface area contributed by atoms with Crippen LogP contribution in [0.25, 0.3) is 10.2 Å². The highest BCUT2D eigenvalue weighted by Gasteiger charge is 2.20. The van der Waals surface area contributed by atoms with Gasteiger partial charge in [0.25, 0.3) is 0 Å². The number of nitrogens with zero attached hydrogens (tertiary/aromatic N) is 1. The summed E-state index contributed by atoms with van der Waals surface area (Å²) in [5.74, 6) is 0. The van der Waals surface area contributed by atoms with E-state index in [2.05, 4.69) is 72.1 Å². The van der Waals surface area contributed by atoms with Crippen LogP contribution in [0.3, 0.4) is 0 Å². The Balaban J connectivity index is 2.25. The number of anilines is 1. The summed E-state index contributed by atoms with van der Waals surface area (Å²) in [6.45, 7) is 8.89. The van der Waals surface area contributed by atoms with Gasteiger partial charge in [0.1, 0.15) is 0 Å². The first-order chi connectivity index (χ1) is 7.86. The Morgan fingerprint density at radius 1 is 1.35 bits per heavy atom. The molecule has 1 aromatic carbocycles. The molecule has 92 valence electrons. The van der Waals surface area contributed by atoms with Crippen LogP contribution in [0.2, 0.25) is 0 Å². The number of nitrogens with one attached hydrogen (secondary N) is 1. The van der Waals surface area contributed by atoms with Crippen molar-refractivity contribution in [2.45, 2.75) is 33.7 Å². The molecule has 0 aliphatic rings. The van der Waals surface area contributed by atoms with Crippen LogP contribution in [-0.2, 0) is 0 Å². The largest absolute Gasteiger partial charge is 0.359 e. The zero-order valence-corrected chi connectivity index (χ0v) is 12.9. The summed E-state index contributed by atoms with van der Waals surface area (Å²) < 4.78 is 2.29. The van der Waals surface area contributed by atoms with Gasteiger partial charge in [0.15, 0.2) is 5.13 Å². The van der Waals surface area contributed by atoms with Crippen LogP contribution in [0.1, 0.15) is 27.7 Å². The van der Waals surface area contributed by atoms with Crippen LogP contribution in [-0.4, -0.2) is 11.0 Å². The van der Waals surface area contributed by atoms with Crippen molar-refractivity contribution in [3.05, 3.63) is 22.7 Å². The number of halogens is 1. The smallest absolute Gasteiger partial charge is 0.184 e. The monoisotopic (exact) mass is 312 g/mol. The topological polar surface area (TPSA) is 24.9 Å². The van der Waals surface area contributed by atoms with E-state index in [-0.39, 0.29) is 5.41 Å². The van der Waals surface area contributed by atoms with Crippen molar-refractivity contribution in [1.82, 2.24) is 4.98 Å². The third kappa shape index (κ3) is 2.99. The van der Waals surface area contributed by atoms with Crippen LogP contribution in [0.5, 0.6) is 0 Å². The van der Waals surface area contributed by atoms with Crippen molar-refractivity contribution in [2.24, 2.45) is 5.41 Å². The van der Waals surface area contributed by atoms with Gasteiger partial charge in [0, 0.05) is 10.5 Å². The second-order valence-corrected chi connectivity index (χ2v) is 7.31. The Kier molecular flexibility index (Phi) is 3.46. The standard InChI is InChI=1S/C13H17BrN2S/c1-8(13(2,3)4)15-12-16-10-7-9(14)5-6-11(10)17-12/h5-8H,1-4H3,(H,15,16). The quantitative estimate of drug-likeness (QED) is 0.852. The normalized spacial score (nSPS) is 13.9. The molecule has 1 atom stereocenters. The second-order valence-electron chi connectivity index (χ2n) is 5.36. The lowest BCUT2D eigenvalue weighted by atomic mass is 9.88. The molecule has 0 amide bonds. The summed E-state index contributed by atoms with van der Waals surface area (Å²) in [5, 5.41) is 4.48. The van der Waals surface area contributed by atoms with Crippen LogP contribution >= 0.6 is 27.3 Å². The summed E-state index contributed by atoms with van der Waals surface area (Å²) in [6, 6.07) is 6.60. The first-order valence-corrected chi connectivity index (χ1v) is 7.30. The molecule has 1 N–H and O–H groups in total. The predicted octanol–water partition coefficient (Wildman–Crippen LogP) is 4.91. The molecule has 0 saturated heterocycles. The summed E-state index contributed by atoms with van der Waals surface area (Å²) in [6.07, 6.45) is 0. The van der Waals surface area contributed by atoms with Gasteiger partial charge in [-0.1, -0.05) is 48.0 Å². The average molecular weight is 313 g/mol. The molecule has 1 unspecified atom stereocenters. The summed E-state index contributed by atoms with van der Waals surface area (Å²) in [7, 11) is 0. The third-order valence-electron chi connectivity index (χ3n) is 2.99. The first-order valence-electron chi connectivity index (χ1n) is 5.69. The zero-order chi connectivity index (χ0) is 12.6. The number of rotatable bonds is 2. The fourth-order valence-electron chi connectivity index (χ4n) is 1.36. The van der Waals surface area contributed by atoms with E-state index in [1.807, 2.05) is 0 Å². The Hall–Kier alpha value is -0.610. The molecule has 4 heteroatoms. The van der Waals surface area contributed by atoms with Gasteiger partial charge in [0.2, 0.25) is 0 Å². The molecule has 1 heterocycles. The fraction of sp³-hybridized carbons (Fsp3) is 0.462. The van der Waals surface area contributed by atoms with Crippen LogP contribution < -0.4 is 5.32 Å². The molecule has 0 aliphatic heterocycles. The molecular formula is C13H17BrN2S. The molecule has 0 radical (unpaired) electrons. The number of hydrogen-bond donors (Lipinski definition) is 1. The predicted molar refractivity (Wildman–Crippen MR) is 79.9 cm³/mol. The second kappa shape index (κ2) is 4.58. The maximum atomic E-state index is 4.60. The minimum absolute atomic E-state index is 0.235. The Morgan fingerprint density at radius 2 is 2.06 bits per heavy atom. The van der Waals surface area contributed by atoms with E-state index in [9.17, 15) is 0 Å². The fourth-order valence-corrected chi connectivity index (χ4v) is 2.65. The maximum Gasteiger partial charge on any atom is 0.184 e. The molecule has 17 heavy (non-hydrogen) atoms. The van der Waals surface area contributed by atoms with Gasteiger partial charge in [0.05, 0.1) is 10.2 Å². The lowest BCUT2D eigenvalue weighted by Crippen LogP contribution is -2.30. The van der Waals surface area contributed by atoms with Gasteiger partial charge < -0.3 is 5.32 Å². The highest BCUT2D eigenvalue weighted by atomic mass is 79.9. The summed E-state index contributed by atoms with van der Waals surface area (Å²) in [4.78, 5) is 4.60. The molecule has 0 saturated carbocycles. The van der Waals surface area contributed by atoms with Crippen molar-refractivity contribution in [2.75, 3.05) is 5.32 Å². The van der Waals surface area contributed by atoms with Gasteiger partial charge >= 0.3 is 0 Å². The average Bonchev–Trinajstić information content (AvgIpc) is 2.57. The minimum Gasteiger partial charge on any atom is -0.359 e. The van der Waals surface area contributed by atoms with Gasteiger partial charge in [-0.25, -0.2) is 4.98 Å². The SMILES string of the molecule is CC(Nc1nc2cc(Br)ccc2s1)C(C)(C)C. The minimum atomic E-state index is 0.235. The number of fused-ring (bicyclic) bond motifs is 1. The van der Waals surface area contributed by atoms with Gasteiger partial charge in [-0.15, -0.1) is 0 Å². The number of thiazole rings is 1. The Labute approximate surface area is 115 Å². The molecule has 2 nitrogen and oxygen atoms in total. The van der Waals surface area contributed by atoms with Crippen molar-refractivity contribution >= 4 is 42.6 Å². The maximum absolute atomic E-state index is 4.60. The first kappa shape index (κ1) is 12.8. The van der Waals surface area contributed by atoms with Crippen LogP contribution in [0, 0.1) is 5.41 Å². The summed E-state index contributed by atoms with van der Waals surface area (Å²) in [5.41, 5.74) is 1.28. The molecule has 0 bridgehead atoms. The van der Waals surface area contributed by atoms with E-state index in [1.165, 1.54) is 4.70 Å². The highest BCUT2D eigenvalue weighted by molar-refractivity contribution is 9.10. The number of aromatic nitrogens is 1. The van der Waals surface area contributed by atoms with E-state index in [4.69, 9.17) is 0 Å². The summed E-state index contributed by atoms with van der Waals surface area (Å²) >= 11 is 5.18. The molecule has 0 spiro atoms. The van der Waals surface area contributed by atoms with E-state index in [0.29, 0.717) is 6.04 Å². The number of hydrogen-bond acceptors (Lipinski definition) is 3. The molecule has 0 fully saturated rings. The van der Waals surface area contributed by atoms with E-state index in [1.54, 1.807) is 11.3 Å². The van der Waals surface area contributed by atoms with Crippen molar-refractivity contribution < 1.29 is 0 Å². The van der Waals surface area contributed by atoms with Gasteiger partial charge in [-0.3, -0.25) is 0 Å². The third-order valence-corrected chi connectivity index (χ3v) is 4.45. The lowest BCUT2D eigenvalue weighted by Gasteiger charge is -2.27. The lowest BCUT2D eigenvalue weighted by molar-refractivity contribution is 0.359. The Bertz CT molecular complexity index is 528. The highest BCUT2D eigenvalue weighted by Crippen LogP contribution is 2.30. The molecular weight excluding hydrogens is 296 g/mol. The molecule has 0 aliphatic carbocycles. The van der Waals surface area contributed by atoms with Crippen LogP contribution in [0.4, 0.5) is 5.13 Å². The van der Waals surface area contributed by atoms with Gasteiger partial charge in [-0.2, -0.15) is 0 Å². The van der Waals surface area contributed by atoms with Gasteiger partial charge in [-0.05, 0) is 30.5 Å². The van der Waals surface area contributed by atoms with Crippen molar-refractivity contribution in [3.8, 4) is 0 Å². The van der Waals surface area contributed by atoms with Crippen LogP contribution in [0.15, 0.2) is 22.7 Å². The van der Waals surface area contributed by atoms with Crippen molar-refractivity contribution in [1.29, 1.82) is 0 Å².